The highest BCUT2D eigenvalue weighted by molar-refractivity contribution is 9.10. The first-order chi connectivity index (χ1) is 9.58. The fourth-order valence-electron chi connectivity index (χ4n) is 2.01. The van der Waals surface area contributed by atoms with Crippen molar-refractivity contribution in [1.29, 1.82) is 0 Å². The van der Waals surface area contributed by atoms with Crippen LogP contribution in [-0.2, 0) is 13.0 Å². The molecule has 108 valence electrons. The maximum Gasteiger partial charge on any atom is 0.123 e. The maximum absolute atomic E-state index is 6.07. The summed E-state index contributed by atoms with van der Waals surface area (Å²) < 4.78 is 7.08. The topological polar surface area (TPSA) is 35.2 Å². The van der Waals surface area contributed by atoms with Gasteiger partial charge in [0, 0.05) is 20.8 Å². The zero-order valence-electron chi connectivity index (χ0n) is 11.9. The Kier molecular flexibility index (Phi) is 5.64. The highest BCUT2D eigenvalue weighted by Crippen LogP contribution is 2.25. The molecule has 2 nitrogen and oxygen atoms in total. The fraction of sp³-hybridized carbons (Fsp3) is 0.375. The SMILES string of the molecule is CCC(N)Cc1cc(C)ccc1OCc1cc(Br)cs1. The van der Waals surface area contributed by atoms with Crippen LogP contribution in [0.25, 0.3) is 0 Å². The molecule has 2 N–H and O–H groups in total. The lowest BCUT2D eigenvalue weighted by molar-refractivity contribution is 0.305. The van der Waals surface area contributed by atoms with E-state index in [-0.39, 0.29) is 6.04 Å². The van der Waals surface area contributed by atoms with Gasteiger partial charge in [0.15, 0.2) is 0 Å². The molecular formula is C16H20BrNOS. The number of rotatable bonds is 6. The van der Waals surface area contributed by atoms with Crippen molar-refractivity contribution < 1.29 is 4.74 Å². The van der Waals surface area contributed by atoms with Gasteiger partial charge in [-0.2, -0.15) is 0 Å². The molecule has 1 aromatic heterocycles. The molecule has 1 unspecified atom stereocenters. The van der Waals surface area contributed by atoms with Crippen LogP contribution in [0, 0.1) is 6.92 Å². The second kappa shape index (κ2) is 7.25. The van der Waals surface area contributed by atoms with E-state index in [0.717, 1.165) is 23.1 Å². The van der Waals surface area contributed by atoms with Crippen LogP contribution in [-0.4, -0.2) is 6.04 Å². The Labute approximate surface area is 133 Å². The number of aryl methyl sites for hydroxylation is 1. The Balaban J connectivity index is 2.09. The van der Waals surface area contributed by atoms with Crippen molar-refractivity contribution in [3.05, 3.63) is 50.1 Å². The molecule has 0 aliphatic heterocycles. The molecule has 2 rings (SSSR count). The van der Waals surface area contributed by atoms with Crippen molar-refractivity contribution in [3.8, 4) is 5.75 Å². The minimum atomic E-state index is 0.190. The summed E-state index contributed by atoms with van der Waals surface area (Å²) in [6.45, 7) is 4.82. The Hall–Kier alpha value is -0.840. The van der Waals surface area contributed by atoms with Gasteiger partial charge in [0.1, 0.15) is 12.4 Å². The third-order valence-electron chi connectivity index (χ3n) is 3.21. The number of benzene rings is 1. The molecule has 20 heavy (non-hydrogen) atoms. The first kappa shape index (κ1) is 15.5. The van der Waals surface area contributed by atoms with Gasteiger partial charge in [-0.05, 0) is 53.4 Å². The number of hydrogen-bond donors (Lipinski definition) is 1. The summed E-state index contributed by atoms with van der Waals surface area (Å²) in [6, 6.07) is 8.59. The summed E-state index contributed by atoms with van der Waals surface area (Å²) in [6.07, 6.45) is 1.84. The number of thiophene rings is 1. The van der Waals surface area contributed by atoms with Crippen LogP contribution >= 0.6 is 27.3 Å². The zero-order chi connectivity index (χ0) is 14.5. The molecule has 0 radical (unpaired) electrons. The van der Waals surface area contributed by atoms with Gasteiger partial charge < -0.3 is 10.5 Å². The Morgan fingerprint density at radius 1 is 1.35 bits per heavy atom. The van der Waals surface area contributed by atoms with Crippen molar-refractivity contribution in [1.82, 2.24) is 0 Å². The van der Waals surface area contributed by atoms with Crippen LogP contribution in [0.4, 0.5) is 0 Å². The third-order valence-corrected chi connectivity index (χ3v) is 4.89. The summed E-state index contributed by atoms with van der Waals surface area (Å²) in [7, 11) is 0. The van der Waals surface area contributed by atoms with Crippen molar-refractivity contribution in [3.63, 3.8) is 0 Å². The molecule has 0 aliphatic rings. The second-order valence-electron chi connectivity index (χ2n) is 5.00. The lowest BCUT2D eigenvalue weighted by Crippen LogP contribution is -2.21. The first-order valence-electron chi connectivity index (χ1n) is 6.79. The first-order valence-corrected chi connectivity index (χ1v) is 8.46. The molecule has 0 spiro atoms. The normalized spacial score (nSPS) is 12.4. The lowest BCUT2D eigenvalue weighted by atomic mass is 10.0. The molecule has 1 heterocycles. The predicted molar refractivity (Wildman–Crippen MR) is 89.5 cm³/mol. The zero-order valence-corrected chi connectivity index (χ0v) is 14.3. The molecule has 0 saturated heterocycles. The molecule has 1 atom stereocenters. The molecule has 4 heteroatoms. The van der Waals surface area contributed by atoms with E-state index in [1.807, 2.05) is 0 Å². The van der Waals surface area contributed by atoms with Gasteiger partial charge in [-0.15, -0.1) is 11.3 Å². The molecular weight excluding hydrogens is 334 g/mol. The molecule has 2 aromatic rings. The van der Waals surface area contributed by atoms with E-state index in [9.17, 15) is 0 Å². The summed E-state index contributed by atoms with van der Waals surface area (Å²) in [5, 5.41) is 2.07. The summed E-state index contributed by atoms with van der Waals surface area (Å²) in [4.78, 5) is 1.21. The van der Waals surface area contributed by atoms with Crippen LogP contribution in [0.5, 0.6) is 5.75 Å². The third kappa shape index (κ3) is 4.33. The summed E-state index contributed by atoms with van der Waals surface area (Å²) in [5.74, 6) is 0.948. The van der Waals surface area contributed by atoms with E-state index in [1.165, 1.54) is 16.0 Å². The van der Waals surface area contributed by atoms with Crippen molar-refractivity contribution in [2.75, 3.05) is 0 Å². The van der Waals surface area contributed by atoms with Gasteiger partial charge in [-0.1, -0.05) is 24.6 Å². The van der Waals surface area contributed by atoms with Crippen molar-refractivity contribution in [2.45, 2.75) is 39.3 Å². The molecule has 1 aromatic carbocycles. The quantitative estimate of drug-likeness (QED) is 0.818. The molecule has 0 saturated carbocycles. The molecule has 0 bridgehead atoms. The van der Waals surface area contributed by atoms with Crippen LogP contribution < -0.4 is 10.5 Å². The lowest BCUT2D eigenvalue weighted by Gasteiger charge is -2.15. The maximum atomic E-state index is 6.07. The van der Waals surface area contributed by atoms with Crippen LogP contribution in [0.2, 0.25) is 0 Å². The fourth-order valence-corrected chi connectivity index (χ4v) is 3.38. The van der Waals surface area contributed by atoms with Gasteiger partial charge in [0.05, 0.1) is 0 Å². The summed E-state index contributed by atoms with van der Waals surface area (Å²) in [5.41, 5.74) is 8.52. The van der Waals surface area contributed by atoms with Crippen LogP contribution in [0.1, 0.15) is 29.3 Å². The van der Waals surface area contributed by atoms with Crippen molar-refractivity contribution >= 4 is 27.3 Å². The average molecular weight is 354 g/mol. The van der Waals surface area contributed by atoms with Gasteiger partial charge in [0.25, 0.3) is 0 Å². The number of nitrogens with two attached hydrogens (primary N) is 1. The Morgan fingerprint density at radius 2 is 2.15 bits per heavy atom. The predicted octanol–water partition coefficient (Wildman–Crippen LogP) is 4.68. The molecule has 0 fully saturated rings. The minimum absolute atomic E-state index is 0.190. The average Bonchev–Trinajstić information content (AvgIpc) is 2.83. The van der Waals surface area contributed by atoms with E-state index in [0.29, 0.717) is 6.61 Å². The van der Waals surface area contributed by atoms with Gasteiger partial charge in [0.2, 0.25) is 0 Å². The largest absolute Gasteiger partial charge is 0.488 e. The number of halogens is 1. The van der Waals surface area contributed by atoms with Crippen LogP contribution in [0.3, 0.4) is 0 Å². The van der Waals surface area contributed by atoms with E-state index >= 15 is 0 Å². The highest BCUT2D eigenvalue weighted by Gasteiger charge is 2.09. The smallest absolute Gasteiger partial charge is 0.123 e. The Bertz CT molecular complexity index is 567. The number of ether oxygens (including phenoxy) is 1. The van der Waals surface area contributed by atoms with Gasteiger partial charge >= 0.3 is 0 Å². The van der Waals surface area contributed by atoms with Crippen LogP contribution in [0.15, 0.2) is 34.1 Å². The van der Waals surface area contributed by atoms with Gasteiger partial charge in [-0.25, -0.2) is 0 Å². The van der Waals surface area contributed by atoms with E-state index in [1.54, 1.807) is 11.3 Å². The standard InChI is InChI=1S/C16H20BrNOS/c1-3-14(18)7-12-6-11(2)4-5-16(12)19-9-15-8-13(17)10-20-15/h4-6,8,10,14H,3,7,9,18H2,1-2H3. The Morgan fingerprint density at radius 3 is 2.80 bits per heavy atom. The van der Waals surface area contributed by atoms with E-state index < -0.39 is 0 Å². The summed E-state index contributed by atoms with van der Waals surface area (Å²) >= 11 is 5.16. The van der Waals surface area contributed by atoms with E-state index in [4.69, 9.17) is 10.5 Å². The monoisotopic (exact) mass is 353 g/mol. The second-order valence-corrected chi connectivity index (χ2v) is 6.91. The van der Waals surface area contributed by atoms with E-state index in [2.05, 4.69) is 59.4 Å². The minimum Gasteiger partial charge on any atom is -0.488 e. The van der Waals surface area contributed by atoms with Crippen molar-refractivity contribution in [2.24, 2.45) is 5.73 Å². The number of hydrogen-bond acceptors (Lipinski definition) is 3. The molecule has 0 aliphatic carbocycles. The highest BCUT2D eigenvalue weighted by atomic mass is 79.9. The molecule has 0 amide bonds. The van der Waals surface area contributed by atoms with Gasteiger partial charge in [-0.3, -0.25) is 0 Å².